The number of hydrogen-bond acceptors (Lipinski definition) is 5. The fourth-order valence-corrected chi connectivity index (χ4v) is 2.30. The summed E-state index contributed by atoms with van der Waals surface area (Å²) in [4.78, 5) is 12.6. The molecule has 0 aliphatic carbocycles. The number of hydrogen-bond donors (Lipinski definition) is 1. The molecule has 2 aromatic heterocycles. The average Bonchev–Trinajstić information content (AvgIpc) is 2.93. The topological polar surface area (TPSA) is 72.2 Å². The molecule has 0 fully saturated rings. The Morgan fingerprint density at radius 3 is 2.78 bits per heavy atom. The van der Waals surface area contributed by atoms with E-state index in [0.29, 0.717) is 21.5 Å². The summed E-state index contributed by atoms with van der Waals surface area (Å²) in [5, 5.41) is 15.3. The second-order valence-electron chi connectivity index (χ2n) is 3.67. The molecular formula is C11H9N5OS. The quantitative estimate of drug-likeness (QED) is 0.761. The molecular weight excluding hydrogens is 250 g/mol. The molecule has 0 atom stereocenters. The van der Waals surface area contributed by atoms with E-state index < -0.39 is 0 Å². The maximum atomic E-state index is 11.9. The number of nitrogens with zero attached hydrogens (tertiary/aromatic N) is 4. The summed E-state index contributed by atoms with van der Waals surface area (Å²) < 4.78 is 1.60. The molecule has 6 nitrogen and oxygen atoms in total. The molecule has 18 heavy (non-hydrogen) atoms. The fourth-order valence-electron chi connectivity index (χ4n) is 1.52. The zero-order chi connectivity index (χ0) is 12.5. The summed E-state index contributed by atoms with van der Waals surface area (Å²) in [5.41, 5.74) is 0.597. The number of amides is 1. The molecule has 0 spiro atoms. The number of nitrogens with one attached hydrogen (secondary N) is 1. The third kappa shape index (κ3) is 1.84. The highest BCUT2D eigenvalue weighted by Gasteiger charge is 2.11. The third-order valence-corrected chi connectivity index (χ3v) is 3.22. The van der Waals surface area contributed by atoms with Crippen molar-refractivity contribution in [3.8, 4) is 0 Å². The van der Waals surface area contributed by atoms with Crippen LogP contribution in [-0.2, 0) is 0 Å². The standard InChI is InChI=1S/C11H9N5OS/c1-7-13-14-11-16(7)15-10(18-11)12-9(17)8-5-3-2-4-6-8/h2-6H,1H3,(H,12,15,17). The SMILES string of the molecule is Cc1nnc2sc(NC(=O)c3ccccc3)nn12. The molecule has 3 rings (SSSR count). The molecule has 0 bridgehead atoms. The highest BCUT2D eigenvalue weighted by Crippen LogP contribution is 2.18. The van der Waals surface area contributed by atoms with Gasteiger partial charge in [0.1, 0.15) is 0 Å². The predicted octanol–water partition coefficient (Wildman–Crippen LogP) is 1.75. The van der Waals surface area contributed by atoms with Crippen molar-refractivity contribution >= 4 is 27.3 Å². The van der Waals surface area contributed by atoms with E-state index in [9.17, 15) is 4.79 Å². The Kier molecular flexibility index (Phi) is 2.52. The van der Waals surface area contributed by atoms with Crippen LogP contribution in [0.15, 0.2) is 30.3 Å². The van der Waals surface area contributed by atoms with E-state index in [-0.39, 0.29) is 5.91 Å². The van der Waals surface area contributed by atoms with Gasteiger partial charge >= 0.3 is 0 Å². The van der Waals surface area contributed by atoms with E-state index in [0.717, 1.165) is 0 Å². The summed E-state index contributed by atoms with van der Waals surface area (Å²) in [7, 11) is 0. The van der Waals surface area contributed by atoms with Crippen molar-refractivity contribution in [1.82, 2.24) is 19.8 Å². The van der Waals surface area contributed by atoms with Crippen LogP contribution in [0.5, 0.6) is 0 Å². The molecule has 2 heterocycles. The smallest absolute Gasteiger partial charge is 0.257 e. The van der Waals surface area contributed by atoms with Crippen molar-refractivity contribution in [1.29, 1.82) is 0 Å². The van der Waals surface area contributed by atoms with E-state index in [2.05, 4.69) is 20.6 Å². The van der Waals surface area contributed by atoms with Gasteiger partial charge in [0.15, 0.2) is 5.82 Å². The second-order valence-corrected chi connectivity index (χ2v) is 4.62. The minimum absolute atomic E-state index is 0.182. The fraction of sp³-hybridized carbons (Fsp3) is 0.0909. The minimum Gasteiger partial charge on any atom is -0.296 e. The number of benzene rings is 1. The normalized spacial score (nSPS) is 10.7. The van der Waals surface area contributed by atoms with Gasteiger partial charge in [-0.2, -0.15) is 4.52 Å². The molecule has 0 saturated carbocycles. The Labute approximate surface area is 106 Å². The lowest BCUT2D eigenvalue weighted by Crippen LogP contribution is -2.11. The summed E-state index contributed by atoms with van der Waals surface area (Å²) in [6, 6.07) is 9.00. The maximum Gasteiger partial charge on any atom is 0.257 e. The van der Waals surface area contributed by atoms with E-state index in [1.807, 2.05) is 25.1 Å². The summed E-state index contributed by atoms with van der Waals surface area (Å²) in [5.74, 6) is 0.514. The van der Waals surface area contributed by atoms with Crippen LogP contribution in [0, 0.1) is 6.92 Å². The Morgan fingerprint density at radius 1 is 1.28 bits per heavy atom. The number of carbonyl (C=O) groups excluding carboxylic acids is 1. The largest absolute Gasteiger partial charge is 0.296 e. The highest BCUT2D eigenvalue weighted by molar-refractivity contribution is 7.20. The Morgan fingerprint density at radius 2 is 2.06 bits per heavy atom. The highest BCUT2D eigenvalue weighted by atomic mass is 32.1. The lowest BCUT2D eigenvalue weighted by atomic mass is 10.2. The summed E-state index contributed by atoms with van der Waals surface area (Å²) in [6.45, 7) is 1.81. The first kappa shape index (κ1) is 10.8. The lowest BCUT2D eigenvalue weighted by molar-refractivity contribution is 0.102. The van der Waals surface area contributed by atoms with Gasteiger partial charge in [-0.1, -0.05) is 29.5 Å². The van der Waals surface area contributed by atoms with E-state index in [1.165, 1.54) is 11.3 Å². The van der Waals surface area contributed by atoms with Gasteiger partial charge in [0, 0.05) is 5.56 Å². The first-order valence-electron chi connectivity index (χ1n) is 5.29. The van der Waals surface area contributed by atoms with E-state index >= 15 is 0 Å². The number of aryl methyl sites for hydroxylation is 1. The van der Waals surface area contributed by atoms with Crippen molar-refractivity contribution in [2.75, 3.05) is 5.32 Å². The van der Waals surface area contributed by atoms with Gasteiger partial charge in [0.2, 0.25) is 10.1 Å². The monoisotopic (exact) mass is 259 g/mol. The minimum atomic E-state index is -0.182. The average molecular weight is 259 g/mol. The summed E-state index contributed by atoms with van der Waals surface area (Å²) in [6.07, 6.45) is 0. The molecule has 1 aromatic carbocycles. The molecule has 90 valence electrons. The Bertz CT molecular complexity index is 703. The lowest BCUT2D eigenvalue weighted by Gasteiger charge is -1.99. The molecule has 0 aliphatic rings. The third-order valence-electron chi connectivity index (χ3n) is 2.40. The van der Waals surface area contributed by atoms with Crippen LogP contribution in [0.3, 0.4) is 0 Å². The van der Waals surface area contributed by atoms with Crippen molar-refractivity contribution in [2.45, 2.75) is 6.92 Å². The van der Waals surface area contributed by atoms with Crippen LogP contribution in [0.25, 0.3) is 4.96 Å². The molecule has 0 saturated heterocycles. The van der Waals surface area contributed by atoms with Crippen molar-refractivity contribution < 1.29 is 4.79 Å². The number of rotatable bonds is 2. The second kappa shape index (κ2) is 4.19. The Balaban J connectivity index is 1.86. The van der Waals surface area contributed by atoms with E-state index in [1.54, 1.807) is 16.6 Å². The molecule has 0 aliphatic heterocycles. The molecule has 0 radical (unpaired) electrons. The van der Waals surface area contributed by atoms with Gasteiger partial charge in [-0.25, -0.2) is 0 Å². The van der Waals surface area contributed by atoms with Gasteiger partial charge in [0.05, 0.1) is 0 Å². The van der Waals surface area contributed by atoms with Crippen molar-refractivity contribution in [2.24, 2.45) is 0 Å². The van der Waals surface area contributed by atoms with Crippen LogP contribution in [0.1, 0.15) is 16.2 Å². The molecule has 3 aromatic rings. The van der Waals surface area contributed by atoms with Gasteiger partial charge < -0.3 is 0 Å². The van der Waals surface area contributed by atoms with Gasteiger partial charge in [-0.05, 0) is 19.1 Å². The van der Waals surface area contributed by atoms with Crippen LogP contribution < -0.4 is 5.32 Å². The zero-order valence-corrected chi connectivity index (χ0v) is 10.3. The van der Waals surface area contributed by atoms with E-state index in [4.69, 9.17) is 0 Å². The predicted molar refractivity (Wildman–Crippen MR) is 67.8 cm³/mol. The Hall–Kier alpha value is -2.28. The number of carbonyl (C=O) groups is 1. The van der Waals surface area contributed by atoms with Gasteiger partial charge in [-0.3, -0.25) is 10.1 Å². The first-order chi connectivity index (χ1) is 8.74. The molecule has 0 unspecified atom stereocenters. The van der Waals surface area contributed by atoms with Crippen molar-refractivity contribution in [3.05, 3.63) is 41.7 Å². The van der Waals surface area contributed by atoms with Gasteiger partial charge in [-0.15, -0.1) is 15.3 Å². The first-order valence-corrected chi connectivity index (χ1v) is 6.11. The van der Waals surface area contributed by atoms with Crippen LogP contribution >= 0.6 is 11.3 Å². The number of anilines is 1. The number of fused-ring (bicyclic) bond motifs is 1. The number of aromatic nitrogens is 4. The van der Waals surface area contributed by atoms with Gasteiger partial charge in [0.25, 0.3) is 5.91 Å². The van der Waals surface area contributed by atoms with Crippen molar-refractivity contribution in [3.63, 3.8) is 0 Å². The zero-order valence-electron chi connectivity index (χ0n) is 9.49. The molecule has 1 amide bonds. The molecule has 7 heteroatoms. The molecule has 1 N–H and O–H groups in total. The van der Waals surface area contributed by atoms with Crippen LogP contribution in [0.4, 0.5) is 5.13 Å². The van der Waals surface area contributed by atoms with Crippen LogP contribution in [-0.4, -0.2) is 25.7 Å². The summed E-state index contributed by atoms with van der Waals surface area (Å²) >= 11 is 1.29. The van der Waals surface area contributed by atoms with Crippen LogP contribution in [0.2, 0.25) is 0 Å². The maximum absolute atomic E-state index is 11.9.